The Hall–Kier alpha value is -1.95. The van der Waals surface area contributed by atoms with Crippen molar-refractivity contribution in [2.45, 2.75) is 25.8 Å². The van der Waals surface area contributed by atoms with Crippen LogP contribution in [-0.2, 0) is 4.79 Å². The number of halogens is 2. The minimum Gasteiger partial charge on any atom is -0.335 e. The van der Waals surface area contributed by atoms with Gasteiger partial charge in [0.2, 0.25) is 5.91 Å². The van der Waals surface area contributed by atoms with Crippen LogP contribution in [0.2, 0.25) is 0 Å². The van der Waals surface area contributed by atoms with E-state index in [1.165, 1.54) is 17.7 Å². The minimum atomic E-state index is -0.262. The molecule has 1 amide bonds. The molecule has 1 aliphatic heterocycles. The highest BCUT2D eigenvalue weighted by Crippen LogP contribution is 2.32. The van der Waals surface area contributed by atoms with Crippen molar-refractivity contribution in [3.63, 3.8) is 0 Å². The van der Waals surface area contributed by atoms with Crippen LogP contribution in [0.5, 0.6) is 0 Å². The summed E-state index contributed by atoms with van der Waals surface area (Å²) in [5.74, 6) is 0.564. The second kappa shape index (κ2) is 10.7. The molecule has 2 N–H and O–H groups in total. The molecule has 0 aromatic heterocycles. The van der Waals surface area contributed by atoms with Gasteiger partial charge in [-0.15, -0.1) is 12.4 Å². The van der Waals surface area contributed by atoms with Crippen LogP contribution < -0.4 is 5.73 Å². The molecule has 3 rings (SSSR count). The quantitative estimate of drug-likeness (QED) is 0.741. The standard InChI is InChI=1S/C23H30FN3O.ClH/c1-3-27(17(2)18-9-11-21(24)12-10-18)23(28)16-26-14-20(13-25)22(15-26)19-7-5-4-6-8-19;/h4-12,17,20,22H,3,13-16,25H2,1-2H3;1H/t17?,20-,22+;/m1./s1. The summed E-state index contributed by atoms with van der Waals surface area (Å²) in [6.45, 7) is 7.29. The predicted octanol–water partition coefficient (Wildman–Crippen LogP) is 3.83. The van der Waals surface area contributed by atoms with E-state index in [0.29, 0.717) is 31.5 Å². The summed E-state index contributed by atoms with van der Waals surface area (Å²) in [6, 6.07) is 16.7. The van der Waals surface area contributed by atoms with E-state index in [-0.39, 0.29) is 30.2 Å². The molecule has 6 heteroatoms. The molecule has 158 valence electrons. The molecule has 0 aliphatic carbocycles. The molecule has 4 nitrogen and oxygen atoms in total. The number of nitrogens with two attached hydrogens (primary N) is 1. The van der Waals surface area contributed by atoms with Gasteiger partial charge in [-0.25, -0.2) is 4.39 Å². The number of carbonyl (C=O) groups is 1. The smallest absolute Gasteiger partial charge is 0.237 e. The third-order valence-corrected chi connectivity index (χ3v) is 5.89. The molecule has 1 fully saturated rings. The Bertz CT molecular complexity index is 771. The second-order valence-corrected chi connectivity index (χ2v) is 7.61. The van der Waals surface area contributed by atoms with Gasteiger partial charge in [0.1, 0.15) is 5.82 Å². The first kappa shape index (κ1) is 23.3. The van der Waals surface area contributed by atoms with Gasteiger partial charge in [0, 0.05) is 25.6 Å². The van der Waals surface area contributed by atoms with Gasteiger partial charge < -0.3 is 10.6 Å². The number of hydrogen-bond acceptors (Lipinski definition) is 3. The van der Waals surface area contributed by atoms with E-state index in [1.807, 2.05) is 24.8 Å². The molecule has 2 aromatic rings. The molecular weight excluding hydrogens is 389 g/mol. The first-order valence-electron chi connectivity index (χ1n) is 10.1. The summed E-state index contributed by atoms with van der Waals surface area (Å²) in [5.41, 5.74) is 8.26. The van der Waals surface area contributed by atoms with Crippen molar-refractivity contribution in [3.05, 3.63) is 71.5 Å². The largest absolute Gasteiger partial charge is 0.335 e. The summed E-state index contributed by atoms with van der Waals surface area (Å²) >= 11 is 0. The molecule has 0 radical (unpaired) electrons. The zero-order valence-corrected chi connectivity index (χ0v) is 17.9. The Morgan fingerprint density at radius 3 is 2.41 bits per heavy atom. The molecule has 29 heavy (non-hydrogen) atoms. The van der Waals surface area contributed by atoms with Crippen LogP contribution in [0.25, 0.3) is 0 Å². The molecule has 2 aromatic carbocycles. The molecule has 1 saturated heterocycles. The monoisotopic (exact) mass is 419 g/mol. The van der Waals surface area contributed by atoms with Crippen molar-refractivity contribution in [2.75, 3.05) is 32.7 Å². The van der Waals surface area contributed by atoms with Crippen LogP contribution in [0, 0.1) is 11.7 Å². The van der Waals surface area contributed by atoms with E-state index in [9.17, 15) is 9.18 Å². The third kappa shape index (κ3) is 5.56. The molecule has 0 saturated carbocycles. The highest BCUT2D eigenvalue weighted by molar-refractivity contribution is 5.85. The highest BCUT2D eigenvalue weighted by atomic mass is 35.5. The van der Waals surface area contributed by atoms with Gasteiger partial charge in [-0.2, -0.15) is 0 Å². The third-order valence-electron chi connectivity index (χ3n) is 5.89. The van der Waals surface area contributed by atoms with Gasteiger partial charge in [0.25, 0.3) is 0 Å². The molecule has 1 unspecified atom stereocenters. The lowest BCUT2D eigenvalue weighted by Gasteiger charge is -2.30. The Morgan fingerprint density at radius 2 is 1.83 bits per heavy atom. The number of benzene rings is 2. The van der Waals surface area contributed by atoms with E-state index in [2.05, 4.69) is 29.2 Å². The number of carbonyl (C=O) groups excluding carboxylic acids is 1. The van der Waals surface area contributed by atoms with Crippen LogP contribution in [0.15, 0.2) is 54.6 Å². The fraction of sp³-hybridized carbons (Fsp3) is 0.435. The van der Waals surface area contributed by atoms with E-state index >= 15 is 0 Å². The van der Waals surface area contributed by atoms with Gasteiger partial charge in [-0.3, -0.25) is 9.69 Å². The SMILES string of the molecule is CCN(C(=O)CN1C[C@@H](CN)[C@H](c2ccccc2)C1)C(C)c1ccc(F)cc1.Cl. The summed E-state index contributed by atoms with van der Waals surface area (Å²) in [4.78, 5) is 17.1. The summed E-state index contributed by atoms with van der Waals surface area (Å²) in [7, 11) is 0. The van der Waals surface area contributed by atoms with Gasteiger partial charge >= 0.3 is 0 Å². The van der Waals surface area contributed by atoms with E-state index in [1.54, 1.807) is 12.1 Å². The van der Waals surface area contributed by atoms with Gasteiger partial charge in [-0.05, 0) is 49.6 Å². The topological polar surface area (TPSA) is 49.6 Å². The van der Waals surface area contributed by atoms with E-state index in [4.69, 9.17) is 5.73 Å². The maximum Gasteiger partial charge on any atom is 0.237 e. The van der Waals surface area contributed by atoms with Crippen LogP contribution in [0.3, 0.4) is 0 Å². The zero-order valence-electron chi connectivity index (χ0n) is 17.1. The molecule has 1 heterocycles. The number of amides is 1. The highest BCUT2D eigenvalue weighted by Gasteiger charge is 2.34. The molecule has 3 atom stereocenters. The lowest BCUT2D eigenvalue weighted by atomic mass is 9.89. The fourth-order valence-electron chi connectivity index (χ4n) is 4.28. The Kier molecular flexibility index (Phi) is 8.62. The fourth-order valence-corrected chi connectivity index (χ4v) is 4.28. The van der Waals surface area contributed by atoms with Crippen LogP contribution in [0.1, 0.15) is 36.9 Å². The van der Waals surface area contributed by atoms with Gasteiger partial charge in [0.15, 0.2) is 0 Å². The Labute approximate surface area is 179 Å². The van der Waals surface area contributed by atoms with Gasteiger partial charge in [-0.1, -0.05) is 42.5 Å². The summed E-state index contributed by atoms with van der Waals surface area (Å²) in [6.07, 6.45) is 0. The lowest BCUT2D eigenvalue weighted by molar-refractivity contribution is -0.134. The molecular formula is C23H31ClFN3O. The number of rotatable bonds is 7. The minimum absolute atomic E-state index is 0. The maximum absolute atomic E-state index is 13.2. The van der Waals surface area contributed by atoms with Crippen molar-refractivity contribution in [2.24, 2.45) is 11.7 Å². The molecule has 0 spiro atoms. The van der Waals surface area contributed by atoms with Crippen LogP contribution in [-0.4, -0.2) is 48.4 Å². The Balaban J connectivity index is 0.00000300. The number of likely N-dealkylation sites (N-methyl/N-ethyl adjacent to an activating group) is 1. The predicted molar refractivity (Wildman–Crippen MR) is 118 cm³/mol. The normalized spacial score (nSPS) is 20.1. The molecule has 1 aliphatic rings. The van der Waals surface area contributed by atoms with E-state index in [0.717, 1.165) is 18.7 Å². The Morgan fingerprint density at radius 1 is 1.17 bits per heavy atom. The zero-order chi connectivity index (χ0) is 20.1. The summed E-state index contributed by atoms with van der Waals surface area (Å²) < 4.78 is 13.2. The van der Waals surface area contributed by atoms with E-state index < -0.39 is 0 Å². The van der Waals surface area contributed by atoms with Crippen molar-refractivity contribution >= 4 is 18.3 Å². The van der Waals surface area contributed by atoms with Crippen LogP contribution in [0.4, 0.5) is 4.39 Å². The van der Waals surface area contributed by atoms with Crippen molar-refractivity contribution in [3.8, 4) is 0 Å². The van der Waals surface area contributed by atoms with Crippen molar-refractivity contribution in [1.29, 1.82) is 0 Å². The number of nitrogens with zero attached hydrogens (tertiary/aromatic N) is 2. The van der Waals surface area contributed by atoms with Crippen molar-refractivity contribution < 1.29 is 9.18 Å². The number of likely N-dealkylation sites (tertiary alicyclic amines) is 1. The maximum atomic E-state index is 13.2. The average Bonchev–Trinajstić information content (AvgIpc) is 3.12. The number of hydrogen-bond donors (Lipinski definition) is 1. The van der Waals surface area contributed by atoms with Crippen LogP contribution >= 0.6 is 12.4 Å². The first-order chi connectivity index (χ1) is 13.5. The second-order valence-electron chi connectivity index (χ2n) is 7.61. The van der Waals surface area contributed by atoms with Crippen molar-refractivity contribution in [1.82, 2.24) is 9.80 Å². The summed E-state index contributed by atoms with van der Waals surface area (Å²) in [5, 5.41) is 0. The van der Waals surface area contributed by atoms with Gasteiger partial charge in [0.05, 0.1) is 12.6 Å². The average molecular weight is 420 g/mol. The molecule has 0 bridgehead atoms. The first-order valence-corrected chi connectivity index (χ1v) is 10.1. The lowest BCUT2D eigenvalue weighted by Crippen LogP contribution is -2.41.